The second-order valence-electron chi connectivity index (χ2n) is 18.4. The van der Waals surface area contributed by atoms with Crippen LogP contribution in [0.15, 0.2) is 125 Å². The van der Waals surface area contributed by atoms with Crippen molar-refractivity contribution in [1.82, 2.24) is 4.90 Å². The number of fused-ring (bicyclic) bond motifs is 9. The molecule has 1 amide bonds. The minimum Gasteiger partial charge on any atom is -0.493 e. The Bertz CT molecular complexity index is 2830. The number of furan rings is 1. The molecule has 6 aromatic rings. The molecule has 0 saturated heterocycles. The van der Waals surface area contributed by atoms with Crippen molar-refractivity contribution in [3.05, 3.63) is 165 Å². The van der Waals surface area contributed by atoms with E-state index in [2.05, 4.69) is 13.0 Å². The highest BCUT2D eigenvalue weighted by Gasteiger charge is 2.57. The Labute approximate surface area is 394 Å². The van der Waals surface area contributed by atoms with Crippen molar-refractivity contribution in [2.45, 2.75) is 95.6 Å². The molecule has 0 radical (unpaired) electrons. The van der Waals surface area contributed by atoms with E-state index in [9.17, 15) is 33.0 Å². The predicted molar refractivity (Wildman–Crippen MR) is 254 cm³/mol. The van der Waals surface area contributed by atoms with Crippen molar-refractivity contribution < 1.29 is 46.9 Å². The number of carbonyl (C=O) groups is 2. The number of nitrogens with zero attached hydrogens (tertiary/aromatic N) is 1. The van der Waals surface area contributed by atoms with E-state index >= 15 is 0 Å². The van der Waals surface area contributed by atoms with Gasteiger partial charge in [-0.15, -0.1) is 0 Å². The van der Waals surface area contributed by atoms with E-state index in [0.717, 1.165) is 51.2 Å². The van der Waals surface area contributed by atoms with Crippen LogP contribution in [0.1, 0.15) is 102 Å². The van der Waals surface area contributed by atoms with Crippen LogP contribution in [0.2, 0.25) is 5.02 Å². The first-order valence-corrected chi connectivity index (χ1v) is 23.0. The molecule has 1 fully saturated rings. The summed E-state index contributed by atoms with van der Waals surface area (Å²) < 4.78 is 58.3. The second-order valence-corrected chi connectivity index (χ2v) is 18.8. The van der Waals surface area contributed by atoms with Crippen molar-refractivity contribution in [3.63, 3.8) is 0 Å². The molecule has 1 aromatic heterocycles. The largest absolute Gasteiger partial charge is 0.493 e. The zero-order valence-electron chi connectivity index (χ0n) is 38.1. The van der Waals surface area contributed by atoms with Crippen LogP contribution in [0, 0.1) is 5.41 Å². The van der Waals surface area contributed by atoms with Crippen molar-refractivity contribution >= 4 is 34.1 Å². The maximum absolute atomic E-state index is 14.9. The number of benzene rings is 5. The second kappa shape index (κ2) is 19.4. The fourth-order valence-electron chi connectivity index (χ4n) is 10.3. The van der Waals surface area contributed by atoms with Gasteiger partial charge in [0.1, 0.15) is 5.76 Å². The minimum atomic E-state index is -4.62. The maximum atomic E-state index is 14.9. The molecule has 67 heavy (non-hydrogen) atoms. The van der Waals surface area contributed by atoms with Gasteiger partial charge in [0.25, 0.3) is 0 Å². The highest BCUT2D eigenvalue weighted by Crippen LogP contribution is 2.59. The molecular formula is C55H55ClF3NO7. The first-order valence-electron chi connectivity index (χ1n) is 22.7. The number of rotatable bonds is 11. The van der Waals surface area contributed by atoms with Crippen LogP contribution in [0.5, 0.6) is 11.5 Å². The summed E-state index contributed by atoms with van der Waals surface area (Å²) >= 11 is 6.39. The van der Waals surface area contributed by atoms with E-state index in [0.29, 0.717) is 61.2 Å². The number of alkyl halides is 3. The highest BCUT2D eigenvalue weighted by molar-refractivity contribution is 6.33. The van der Waals surface area contributed by atoms with Gasteiger partial charge in [-0.3, -0.25) is 9.59 Å². The maximum Gasteiger partial charge on any atom is 0.416 e. The monoisotopic (exact) mass is 933 g/mol. The lowest BCUT2D eigenvalue weighted by molar-refractivity contribution is -0.140. The highest BCUT2D eigenvalue weighted by atomic mass is 35.5. The smallest absolute Gasteiger partial charge is 0.416 e. The van der Waals surface area contributed by atoms with Crippen LogP contribution in [0.25, 0.3) is 22.1 Å². The number of amides is 1. The molecule has 8 nitrogen and oxygen atoms in total. The Kier molecular flexibility index (Phi) is 13.8. The van der Waals surface area contributed by atoms with Crippen LogP contribution in [-0.2, 0) is 30.4 Å². The Morgan fingerprint density at radius 1 is 0.896 bits per heavy atom. The normalized spacial score (nSPS) is 21.1. The fraction of sp³-hybridized carbons (Fsp3) is 0.345. The summed E-state index contributed by atoms with van der Waals surface area (Å²) in [4.78, 5) is 31.4. The minimum absolute atomic E-state index is 0.000919. The molecule has 350 valence electrons. The Hall–Kier alpha value is -5.88. The average Bonchev–Trinajstić information content (AvgIpc) is 3.89. The molecule has 2 bridgehead atoms. The number of halogens is 4. The molecule has 0 spiro atoms. The molecule has 9 rings (SSSR count). The van der Waals surface area contributed by atoms with Crippen LogP contribution >= 0.6 is 11.6 Å². The van der Waals surface area contributed by atoms with E-state index < -0.39 is 34.6 Å². The van der Waals surface area contributed by atoms with Gasteiger partial charge >= 0.3 is 6.18 Å². The van der Waals surface area contributed by atoms with Gasteiger partial charge in [0.2, 0.25) is 11.7 Å². The van der Waals surface area contributed by atoms with Crippen molar-refractivity contribution in [3.8, 4) is 22.8 Å². The van der Waals surface area contributed by atoms with E-state index in [1.807, 2.05) is 67.6 Å². The lowest BCUT2D eigenvalue weighted by Crippen LogP contribution is -2.53. The summed E-state index contributed by atoms with van der Waals surface area (Å²) in [6, 6.07) is 30.8. The lowest BCUT2D eigenvalue weighted by atomic mass is 9.64. The number of hydrogen-bond donors (Lipinski definition) is 2. The Morgan fingerprint density at radius 2 is 1.67 bits per heavy atom. The number of carbonyl (C=O) groups excluding carboxylic acids is 2. The third-order valence-electron chi connectivity index (χ3n) is 14.2. The Morgan fingerprint density at radius 3 is 2.45 bits per heavy atom. The van der Waals surface area contributed by atoms with Crippen LogP contribution in [-0.4, -0.2) is 59.3 Å². The van der Waals surface area contributed by atoms with Crippen LogP contribution < -0.4 is 9.47 Å². The molecule has 1 heterocycles. The number of aliphatic hydroxyl groups is 2. The number of hydrogen-bond acceptors (Lipinski definition) is 7. The fourth-order valence-corrected chi connectivity index (χ4v) is 10.5. The van der Waals surface area contributed by atoms with Gasteiger partial charge < -0.3 is 29.0 Å². The van der Waals surface area contributed by atoms with Crippen LogP contribution in [0.4, 0.5) is 13.2 Å². The van der Waals surface area contributed by atoms with Crippen molar-refractivity contribution in [1.29, 1.82) is 0 Å². The van der Waals surface area contributed by atoms with Gasteiger partial charge in [-0.2, -0.15) is 13.2 Å². The summed E-state index contributed by atoms with van der Waals surface area (Å²) in [5, 5.41) is 26.6. The van der Waals surface area contributed by atoms with Gasteiger partial charge in [-0.25, -0.2) is 0 Å². The molecular weight excluding hydrogens is 879 g/mol. The standard InChI is InChI=1S/C55H55ClF3NO7/c1-34-9-8-25-53(2)45(42-19-15-35(27-40(61)18-14-34)28-43(42)52(63)49-23-22-47(67-49)44-31-39(55(57,58)59)17-20-46(44)56)24-26-54(53,64)33-60(32-38-12-7-11-37-10-5-6-13-41(37)38)51(62)30-36-16-21-48(65-3)50(29-36)66-4/h5-7,9-13,15-17,19-23,28-29,31,40,45,61,64H,8,14,18,24-27,30,32-33H2,1-4H3. The number of methoxy groups -OCH3 is 2. The quantitative estimate of drug-likeness (QED) is 0.0983. The SMILES string of the molecule is COc1ccc(CC(=O)N(Cc2cccc3ccccc23)CC2(O)CCC3c4ccc(cc4C(=O)c4ccc(-c5cc(C(F)(F)F)ccc5Cl)o4)CC(O)CCC(C)=CCCC32C)cc1OC. The lowest BCUT2D eigenvalue weighted by Gasteiger charge is -2.46. The topological polar surface area (TPSA) is 109 Å². The summed E-state index contributed by atoms with van der Waals surface area (Å²) in [6.45, 7) is 4.34. The first-order chi connectivity index (χ1) is 32.0. The summed E-state index contributed by atoms with van der Waals surface area (Å²) in [5.41, 5.74) is 1.22. The summed E-state index contributed by atoms with van der Waals surface area (Å²) in [6.07, 6.45) is 0.243. The predicted octanol–water partition coefficient (Wildman–Crippen LogP) is 12.3. The summed E-state index contributed by atoms with van der Waals surface area (Å²) in [7, 11) is 3.10. The molecule has 5 aromatic carbocycles. The average molecular weight is 934 g/mol. The molecule has 3 aliphatic carbocycles. The molecule has 4 unspecified atom stereocenters. The number of aliphatic hydroxyl groups excluding tert-OH is 1. The molecule has 4 atom stereocenters. The number of ketones is 1. The van der Waals surface area contributed by atoms with E-state index in [1.54, 1.807) is 37.3 Å². The van der Waals surface area contributed by atoms with E-state index in [4.69, 9.17) is 25.5 Å². The Balaban J connectivity index is 1.20. The van der Waals surface area contributed by atoms with E-state index in [-0.39, 0.29) is 59.9 Å². The van der Waals surface area contributed by atoms with Gasteiger partial charge in [0, 0.05) is 23.1 Å². The molecule has 1 saturated carbocycles. The van der Waals surface area contributed by atoms with E-state index in [1.165, 1.54) is 12.1 Å². The molecule has 0 aliphatic heterocycles. The zero-order chi connectivity index (χ0) is 47.7. The summed E-state index contributed by atoms with van der Waals surface area (Å²) in [5.74, 6) is -0.134. The number of ether oxygens (including phenoxy) is 2. The molecule has 2 N–H and O–H groups in total. The van der Waals surface area contributed by atoms with Gasteiger partial charge in [-0.05, 0) is 139 Å². The molecule has 3 aliphatic rings. The third-order valence-corrected chi connectivity index (χ3v) is 14.5. The van der Waals surface area contributed by atoms with Crippen LogP contribution in [0.3, 0.4) is 0 Å². The van der Waals surface area contributed by atoms with Crippen molar-refractivity contribution in [2.75, 3.05) is 20.8 Å². The third kappa shape index (κ3) is 9.91. The van der Waals surface area contributed by atoms with Gasteiger partial charge in [0.05, 0.1) is 49.5 Å². The number of allylic oxidation sites excluding steroid dienone is 2. The first kappa shape index (κ1) is 47.6. The van der Waals surface area contributed by atoms with Gasteiger partial charge in [-0.1, -0.05) is 90.8 Å². The van der Waals surface area contributed by atoms with Crippen molar-refractivity contribution in [2.24, 2.45) is 5.41 Å². The zero-order valence-corrected chi connectivity index (χ0v) is 38.8. The van der Waals surface area contributed by atoms with Gasteiger partial charge in [0.15, 0.2) is 17.3 Å². The molecule has 12 heteroatoms.